The van der Waals surface area contributed by atoms with Crippen LogP contribution in [0.2, 0.25) is 0 Å². The average molecular weight is 768 g/mol. The summed E-state index contributed by atoms with van der Waals surface area (Å²) < 4.78 is 0. The van der Waals surface area contributed by atoms with Crippen LogP contribution in [0.1, 0.15) is 83.9 Å². The summed E-state index contributed by atoms with van der Waals surface area (Å²) in [6.45, 7) is 7.82. The first-order valence-corrected chi connectivity index (χ1v) is 19.0. The first kappa shape index (κ1) is 44.1. The normalized spacial score (nSPS) is 17.6. The van der Waals surface area contributed by atoms with Crippen molar-refractivity contribution in [3.8, 4) is 0 Å². The number of benzene rings is 1. The van der Waals surface area contributed by atoms with Gasteiger partial charge in [0.15, 0.2) is 0 Å². The van der Waals surface area contributed by atoms with Crippen molar-refractivity contribution in [2.24, 2.45) is 17.6 Å². The van der Waals surface area contributed by atoms with Gasteiger partial charge in [-0.15, -0.1) is 0 Å². The third kappa shape index (κ3) is 14.8. The van der Waals surface area contributed by atoms with E-state index in [0.29, 0.717) is 25.1 Å². The van der Waals surface area contributed by atoms with Crippen molar-refractivity contribution in [1.29, 1.82) is 0 Å². The van der Waals surface area contributed by atoms with E-state index in [0.717, 1.165) is 18.4 Å². The van der Waals surface area contributed by atoms with Crippen molar-refractivity contribution >= 4 is 41.4 Å². The lowest BCUT2D eigenvalue weighted by Crippen LogP contribution is -2.60. The second kappa shape index (κ2) is 22.2. The Bertz CT molecular complexity index is 1590. The molecule has 17 heteroatoms. The number of hydrogen-bond donors (Lipinski definition) is 9. The van der Waals surface area contributed by atoms with Gasteiger partial charge in [0.2, 0.25) is 35.4 Å². The van der Waals surface area contributed by atoms with Gasteiger partial charge in [-0.3, -0.25) is 33.6 Å². The minimum Gasteiger partial charge on any atom is -0.481 e. The molecule has 0 aliphatic carbocycles. The number of aromatic nitrogens is 2. The zero-order valence-electron chi connectivity index (χ0n) is 32.1. The Balaban J connectivity index is 1.81. The summed E-state index contributed by atoms with van der Waals surface area (Å²) in [5.41, 5.74) is 7.51. The summed E-state index contributed by atoms with van der Waals surface area (Å²) >= 11 is 0. The van der Waals surface area contributed by atoms with Crippen molar-refractivity contribution < 1.29 is 38.7 Å². The van der Waals surface area contributed by atoms with Crippen LogP contribution in [0.5, 0.6) is 0 Å². The number of nitrogens with zero attached hydrogens (tertiary/aromatic N) is 1. The number of rotatable bonds is 21. The van der Waals surface area contributed by atoms with Crippen LogP contribution in [0.25, 0.3) is 0 Å². The maximum atomic E-state index is 14.0. The molecule has 1 unspecified atom stereocenters. The molecule has 0 bridgehead atoms. The second-order valence-electron chi connectivity index (χ2n) is 14.5. The van der Waals surface area contributed by atoms with Gasteiger partial charge in [-0.2, -0.15) is 0 Å². The van der Waals surface area contributed by atoms with Gasteiger partial charge in [-0.05, 0) is 55.9 Å². The lowest BCUT2D eigenvalue weighted by Gasteiger charge is -2.29. The van der Waals surface area contributed by atoms with Crippen LogP contribution in [-0.2, 0) is 46.4 Å². The van der Waals surface area contributed by atoms with E-state index in [2.05, 4.69) is 41.9 Å². The first-order chi connectivity index (χ1) is 26.2. The van der Waals surface area contributed by atoms with Crippen LogP contribution < -0.4 is 37.6 Å². The largest absolute Gasteiger partial charge is 0.481 e. The molecular weight excluding hydrogens is 710 g/mol. The molecule has 3 rings (SSSR count). The molecule has 17 nitrogen and oxygen atoms in total. The summed E-state index contributed by atoms with van der Waals surface area (Å²) in [6.07, 6.45) is 4.79. The fourth-order valence-corrected chi connectivity index (χ4v) is 6.14. The molecule has 0 radical (unpaired) electrons. The van der Waals surface area contributed by atoms with Crippen LogP contribution >= 0.6 is 0 Å². The number of aromatic amines is 1. The highest BCUT2D eigenvalue weighted by molar-refractivity contribution is 5.97. The zero-order valence-corrected chi connectivity index (χ0v) is 32.1. The molecule has 6 amide bonds. The Morgan fingerprint density at radius 2 is 1.53 bits per heavy atom. The topological polar surface area (TPSA) is 267 Å². The van der Waals surface area contributed by atoms with E-state index in [9.17, 15) is 38.7 Å². The Morgan fingerprint density at radius 3 is 2.16 bits per heavy atom. The predicted molar refractivity (Wildman–Crippen MR) is 203 cm³/mol. The molecule has 1 aromatic carbocycles. The highest BCUT2D eigenvalue weighted by Crippen LogP contribution is 2.13. The van der Waals surface area contributed by atoms with Crippen molar-refractivity contribution in [3.63, 3.8) is 0 Å². The molecule has 0 spiro atoms. The van der Waals surface area contributed by atoms with Gasteiger partial charge >= 0.3 is 5.97 Å². The maximum absolute atomic E-state index is 14.0. The molecule has 1 fully saturated rings. The summed E-state index contributed by atoms with van der Waals surface area (Å²) in [7, 11) is 0. The van der Waals surface area contributed by atoms with Crippen LogP contribution in [0.15, 0.2) is 42.9 Å². The van der Waals surface area contributed by atoms with E-state index in [1.807, 2.05) is 51.1 Å². The number of carbonyl (C=O) groups is 7. The lowest BCUT2D eigenvalue weighted by molar-refractivity contribution is -0.139. The third-order valence-electron chi connectivity index (χ3n) is 9.51. The van der Waals surface area contributed by atoms with Gasteiger partial charge in [0, 0.05) is 31.3 Å². The van der Waals surface area contributed by atoms with Crippen molar-refractivity contribution in [2.45, 2.75) is 122 Å². The van der Waals surface area contributed by atoms with Crippen LogP contribution in [-0.4, -0.2) is 99.3 Å². The Morgan fingerprint density at radius 1 is 0.873 bits per heavy atom. The number of H-pyrrole nitrogens is 1. The Labute approximate surface area is 321 Å². The SMILES string of the molecule is CC[C@H](C)C(NC(=O)[C@@H](CCC(=O)O)NC(=O)[C@H](Cc1cnc[nH]1)NC(=O)[C@H](CC(C)C)NC(=O)[C@H](N)Cc1ccccc1)C(=O)N[C@H]1CCCCNC1=O. The molecule has 1 saturated heterocycles. The molecule has 1 aliphatic rings. The van der Waals surface area contributed by atoms with Crippen LogP contribution in [0.3, 0.4) is 0 Å². The van der Waals surface area contributed by atoms with Gasteiger partial charge < -0.3 is 47.7 Å². The number of amides is 6. The van der Waals surface area contributed by atoms with E-state index < -0.39 is 84.1 Å². The van der Waals surface area contributed by atoms with Gasteiger partial charge in [0.05, 0.1) is 12.4 Å². The maximum Gasteiger partial charge on any atom is 0.303 e. The summed E-state index contributed by atoms with van der Waals surface area (Å²) in [5, 5.41) is 25.7. The molecule has 1 aromatic heterocycles. The number of carbonyl (C=O) groups excluding carboxylic acids is 6. The highest BCUT2D eigenvalue weighted by atomic mass is 16.4. The number of carboxylic acid groups (broad SMARTS) is 1. The van der Waals surface area contributed by atoms with E-state index in [1.165, 1.54) is 12.5 Å². The van der Waals surface area contributed by atoms with E-state index in [1.54, 1.807) is 6.92 Å². The molecular formula is C38H57N9O8. The third-order valence-corrected chi connectivity index (χ3v) is 9.51. The van der Waals surface area contributed by atoms with Crippen LogP contribution in [0, 0.1) is 11.8 Å². The number of carboxylic acids is 1. The first-order valence-electron chi connectivity index (χ1n) is 19.0. The minimum atomic E-state index is -1.42. The summed E-state index contributed by atoms with van der Waals surface area (Å²) in [4.78, 5) is 99.2. The van der Waals surface area contributed by atoms with Crippen molar-refractivity contribution in [2.75, 3.05) is 6.54 Å². The Kier molecular flexibility index (Phi) is 17.8. The van der Waals surface area contributed by atoms with E-state index in [4.69, 9.17) is 5.73 Å². The second-order valence-corrected chi connectivity index (χ2v) is 14.5. The minimum absolute atomic E-state index is 0.0435. The number of aliphatic carboxylic acids is 1. The quantitative estimate of drug-likeness (QED) is 0.0833. The van der Waals surface area contributed by atoms with Gasteiger partial charge in [-0.1, -0.05) is 64.4 Å². The monoisotopic (exact) mass is 767 g/mol. The molecule has 2 aromatic rings. The van der Waals surface area contributed by atoms with Crippen molar-refractivity contribution in [1.82, 2.24) is 41.9 Å². The molecule has 55 heavy (non-hydrogen) atoms. The zero-order chi connectivity index (χ0) is 40.5. The molecule has 302 valence electrons. The molecule has 0 saturated carbocycles. The van der Waals surface area contributed by atoms with Gasteiger partial charge in [-0.25, -0.2) is 4.98 Å². The number of nitrogens with two attached hydrogens (primary N) is 1. The molecule has 1 aliphatic heterocycles. The molecule has 10 N–H and O–H groups in total. The fourth-order valence-electron chi connectivity index (χ4n) is 6.14. The predicted octanol–water partition coefficient (Wildman–Crippen LogP) is 0.203. The lowest BCUT2D eigenvalue weighted by atomic mass is 9.96. The number of hydrogen-bond acceptors (Lipinski definition) is 9. The fraction of sp³-hybridized carbons (Fsp3) is 0.579. The standard InChI is InChI=1S/C38H57N9O8/c1-5-23(4)32(38(55)44-27-13-9-10-16-41-34(27)51)47-35(52)28(14-15-31(48)49)43-37(54)30(19-25-20-40-21-42-25)46-36(53)29(17-22(2)3)45-33(50)26(39)18-24-11-7-6-8-12-24/h6-8,11-12,20-23,26-30,32H,5,9-10,13-19,39H2,1-4H3,(H,40,42)(H,41,51)(H,43,54)(H,44,55)(H,45,50)(H,46,53)(H,47,52)(H,48,49)/t23-,26+,27-,28+,29-,30-,32?/m0/s1. The van der Waals surface area contributed by atoms with Crippen LogP contribution in [0.4, 0.5) is 0 Å². The average Bonchev–Trinajstić information content (AvgIpc) is 3.58. The molecule has 7 atom stereocenters. The smallest absolute Gasteiger partial charge is 0.303 e. The van der Waals surface area contributed by atoms with Crippen molar-refractivity contribution in [3.05, 3.63) is 54.1 Å². The van der Waals surface area contributed by atoms with Gasteiger partial charge in [0.1, 0.15) is 30.2 Å². The van der Waals surface area contributed by atoms with E-state index >= 15 is 0 Å². The number of nitrogens with one attached hydrogen (secondary N) is 7. The Hall–Kier alpha value is -5.32. The highest BCUT2D eigenvalue weighted by Gasteiger charge is 2.35. The summed E-state index contributed by atoms with van der Waals surface area (Å²) in [6, 6.07) is 2.55. The van der Waals surface area contributed by atoms with Gasteiger partial charge in [0.25, 0.3) is 0 Å². The number of imidazole rings is 1. The van der Waals surface area contributed by atoms with E-state index in [-0.39, 0.29) is 37.5 Å². The summed E-state index contributed by atoms with van der Waals surface area (Å²) in [5.74, 6) is -5.41. The molecule has 2 heterocycles.